The van der Waals surface area contributed by atoms with Crippen molar-refractivity contribution in [3.05, 3.63) is 35.9 Å². The molecule has 0 spiro atoms. The zero-order chi connectivity index (χ0) is 17.9. The predicted molar refractivity (Wildman–Crippen MR) is 101 cm³/mol. The molecular formula is C19H30N4O2. The summed E-state index contributed by atoms with van der Waals surface area (Å²) in [5.74, 6) is 1.28. The molecule has 1 aromatic carbocycles. The summed E-state index contributed by atoms with van der Waals surface area (Å²) in [4.78, 5) is 15.9. The molecular weight excluding hydrogens is 316 g/mol. The summed E-state index contributed by atoms with van der Waals surface area (Å²) in [6.07, 6.45) is 4.58. The number of aliphatic imine (C=N–C) groups is 1. The molecule has 0 aromatic heterocycles. The fraction of sp³-hybridized carbons (Fsp3) is 0.579. The molecule has 0 unspecified atom stereocenters. The van der Waals surface area contributed by atoms with E-state index in [-0.39, 0.29) is 12.5 Å². The van der Waals surface area contributed by atoms with Crippen LogP contribution in [0.5, 0.6) is 0 Å². The van der Waals surface area contributed by atoms with Crippen LogP contribution in [-0.2, 0) is 9.53 Å². The summed E-state index contributed by atoms with van der Waals surface area (Å²) in [6.45, 7) is 1.25. The molecule has 1 amide bonds. The number of rotatable bonds is 7. The van der Waals surface area contributed by atoms with Crippen molar-refractivity contribution in [2.75, 3.05) is 33.9 Å². The molecule has 0 atom stereocenters. The fourth-order valence-corrected chi connectivity index (χ4v) is 3.20. The highest BCUT2D eigenvalue weighted by molar-refractivity contribution is 5.86. The number of carbonyl (C=O) groups is 1. The zero-order valence-electron chi connectivity index (χ0n) is 15.3. The molecule has 1 aliphatic rings. The molecule has 1 aromatic rings. The molecule has 25 heavy (non-hydrogen) atoms. The van der Waals surface area contributed by atoms with Gasteiger partial charge >= 0.3 is 0 Å². The minimum Gasteiger partial charge on any atom is -0.383 e. The number of methoxy groups -OCH3 is 1. The first-order chi connectivity index (χ1) is 12.2. The van der Waals surface area contributed by atoms with Crippen LogP contribution in [-0.4, -0.2) is 51.8 Å². The van der Waals surface area contributed by atoms with Crippen LogP contribution >= 0.6 is 0 Å². The average molecular weight is 346 g/mol. The van der Waals surface area contributed by atoms with E-state index in [1.54, 1.807) is 14.2 Å². The molecule has 138 valence electrons. The highest BCUT2D eigenvalue weighted by atomic mass is 16.5. The molecule has 1 aliphatic carbocycles. The van der Waals surface area contributed by atoms with Crippen molar-refractivity contribution in [1.82, 2.24) is 16.0 Å². The van der Waals surface area contributed by atoms with Gasteiger partial charge in [-0.15, -0.1) is 0 Å². The van der Waals surface area contributed by atoms with Crippen molar-refractivity contribution in [3.8, 4) is 0 Å². The van der Waals surface area contributed by atoms with Crippen LogP contribution in [0.4, 0.5) is 0 Å². The van der Waals surface area contributed by atoms with Gasteiger partial charge in [0.05, 0.1) is 13.2 Å². The lowest BCUT2D eigenvalue weighted by molar-refractivity contribution is -0.120. The third-order valence-corrected chi connectivity index (χ3v) is 4.61. The summed E-state index contributed by atoms with van der Waals surface area (Å²) in [7, 11) is 3.34. The molecule has 6 nitrogen and oxygen atoms in total. The van der Waals surface area contributed by atoms with Crippen LogP contribution in [0, 0.1) is 0 Å². The van der Waals surface area contributed by atoms with Gasteiger partial charge in [-0.1, -0.05) is 30.3 Å². The van der Waals surface area contributed by atoms with E-state index < -0.39 is 0 Å². The second kappa shape index (κ2) is 10.7. The molecule has 3 N–H and O–H groups in total. The maximum Gasteiger partial charge on any atom is 0.239 e. The molecule has 0 bridgehead atoms. The summed E-state index contributed by atoms with van der Waals surface area (Å²) in [5.41, 5.74) is 1.44. The summed E-state index contributed by atoms with van der Waals surface area (Å²) < 4.78 is 4.91. The topological polar surface area (TPSA) is 74.8 Å². The summed E-state index contributed by atoms with van der Waals surface area (Å²) in [6, 6.07) is 11.1. The Morgan fingerprint density at radius 3 is 2.52 bits per heavy atom. The Labute approximate surface area is 150 Å². The first kappa shape index (κ1) is 19.2. The number of carbonyl (C=O) groups excluding carboxylic acids is 1. The molecule has 1 fully saturated rings. The highest BCUT2D eigenvalue weighted by Crippen LogP contribution is 2.32. The second-order valence-corrected chi connectivity index (χ2v) is 6.37. The van der Waals surface area contributed by atoms with Gasteiger partial charge < -0.3 is 20.7 Å². The summed E-state index contributed by atoms with van der Waals surface area (Å²) >= 11 is 0. The average Bonchev–Trinajstić information content (AvgIpc) is 2.66. The lowest BCUT2D eigenvalue weighted by Gasteiger charge is -2.30. The lowest BCUT2D eigenvalue weighted by atomic mass is 9.82. The Balaban J connectivity index is 1.69. The van der Waals surface area contributed by atoms with Gasteiger partial charge in [0.2, 0.25) is 5.91 Å². The van der Waals surface area contributed by atoms with E-state index in [0.717, 1.165) is 12.8 Å². The van der Waals surface area contributed by atoms with Crippen LogP contribution in [0.1, 0.15) is 37.2 Å². The largest absolute Gasteiger partial charge is 0.383 e. The van der Waals surface area contributed by atoms with Crippen LogP contribution < -0.4 is 16.0 Å². The van der Waals surface area contributed by atoms with Crippen molar-refractivity contribution in [1.29, 1.82) is 0 Å². The van der Waals surface area contributed by atoms with E-state index >= 15 is 0 Å². The number of ether oxygens (including phenoxy) is 1. The third-order valence-electron chi connectivity index (χ3n) is 4.61. The second-order valence-electron chi connectivity index (χ2n) is 6.37. The molecule has 6 heteroatoms. The standard InChI is InChI=1S/C19H30N4O2/c1-20-19(22-14-18(24)21-12-13-25-2)23-17-10-8-16(9-11-17)15-6-4-3-5-7-15/h3-7,16-17H,8-14H2,1-2H3,(H,21,24)(H2,20,22,23). The Morgan fingerprint density at radius 2 is 1.88 bits per heavy atom. The first-order valence-corrected chi connectivity index (χ1v) is 9.00. The molecule has 0 aliphatic heterocycles. The van der Waals surface area contributed by atoms with Crippen LogP contribution in [0.3, 0.4) is 0 Å². The van der Waals surface area contributed by atoms with Gasteiger partial charge in [0, 0.05) is 26.7 Å². The highest BCUT2D eigenvalue weighted by Gasteiger charge is 2.22. The number of hydrogen-bond donors (Lipinski definition) is 3. The van der Waals surface area contributed by atoms with Gasteiger partial charge in [-0.25, -0.2) is 0 Å². The number of benzene rings is 1. The fourth-order valence-electron chi connectivity index (χ4n) is 3.20. The molecule has 2 rings (SSSR count). The SMILES string of the molecule is CN=C(NCC(=O)NCCOC)NC1CCC(c2ccccc2)CC1. The van der Waals surface area contributed by atoms with Gasteiger partial charge in [-0.2, -0.15) is 0 Å². The van der Waals surface area contributed by atoms with Gasteiger partial charge in [-0.05, 0) is 37.2 Å². The van der Waals surface area contributed by atoms with E-state index in [2.05, 4.69) is 51.3 Å². The Bertz CT molecular complexity index is 540. The maximum absolute atomic E-state index is 11.7. The molecule has 0 saturated heterocycles. The predicted octanol–water partition coefficient (Wildman–Crippen LogP) is 1.64. The molecule has 0 heterocycles. The lowest BCUT2D eigenvalue weighted by Crippen LogP contribution is -2.47. The van der Waals surface area contributed by atoms with Crippen LogP contribution in [0.2, 0.25) is 0 Å². The number of nitrogens with zero attached hydrogens (tertiary/aromatic N) is 1. The van der Waals surface area contributed by atoms with E-state index in [0.29, 0.717) is 31.1 Å². The first-order valence-electron chi connectivity index (χ1n) is 9.00. The van der Waals surface area contributed by atoms with Crippen molar-refractivity contribution in [3.63, 3.8) is 0 Å². The number of amides is 1. The van der Waals surface area contributed by atoms with Crippen LogP contribution in [0.15, 0.2) is 35.3 Å². The number of guanidine groups is 1. The minimum absolute atomic E-state index is 0.0622. The Morgan fingerprint density at radius 1 is 1.16 bits per heavy atom. The smallest absolute Gasteiger partial charge is 0.239 e. The van der Waals surface area contributed by atoms with Crippen LogP contribution in [0.25, 0.3) is 0 Å². The Hall–Kier alpha value is -2.08. The molecule has 0 radical (unpaired) electrons. The van der Waals surface area contributed by atoms with Gasteiger partial charge in [0.25, 0.3) is 0 Å². The van der Waals surface area contributed by atoms with Crippen molar-refractivity contribution < 1.29 is 9.53 Å². The van der Waals surface area contributed by atoms with E-state index in [9.17, 15) is 4.79 Å². The normalized spacial score (nSPS) is 20.8. The third kappa shape index (κ3) is 6.74. The zero-order valence-corrected chi connectivity index (χ0v) is 15.3. The van der Waals surface area contributed by atoms with Gasteiger partial charge in [-0.3, -0.25) is 9.79 Å². The Kier molecular flexibility index (Phi) is 8.25. The van der Waals surface area contributed by atoms with Crippen molar-refractivity contribution >= 4 is 11.9 Å². The van der Waals surface area contributed by atoms with E-state index in [1.165, 1.54) is 18.4 Å². The van der Waals surface area contributed by atoms with E-state index in [1.807, 2.05) is 0 Å². The van der Waals surface area contributed by atoms with Gasteiger partial charge in [0.15, 0.2) is 5.96 Å². The summed E-state index contributed by atoms with van der Waals surface area (Å²) in [5, 5.41) is 9.29. The van der Waals surface area contributed by atoms with Crippen molar-refractivity contribution in [2.45, 2.75) is 37.6 Å². The van der Waals surface area contributed by atoms with E-state index in [4.69, 9.17) is 4.74 Å². The quantitative estimate of drug-likeness (QED) is 0.399. The molecule has 1 saturated carbocycles. The monoisotopic (exact) mass is 346 g/mol. The minimum atomic E-state index is -0.0622. The maximum atomic E-state index is 11.7. The number of hydrogen-bond acceptors (Lipinski definition) is 3. The van der Waals surface area contributed by atoms with Gasteiger partial charge in [0.1, 0.15) is 0 Å². The van der Waals surface area contributed by atoms with Crippen molar-refractivity contribution in [2.24, 2.45) is 4.99 Å². The number of nitrogens with one attached hydrogen (secondary N) is 3.